The summed E-state index contributed by atoms with van der Waals surface area (Å²) in [6, 6.07) is 11.5. The number of rotatable bonds is 7. The number of aryl methyl sites for hydroxylation is 1. The van der Waals surface area contributed by atoms with Crippen molar-refractivity contribution in [3.05, 3.63) is 59.4 Å². The van der Waals surface area contributed by atoms with Crippen LogP contribution in [0.25, 0.3) is 21.8 Å². The van der Waals surface area contributed by atoms with Crippen LogP contribution >= 0.6 is 11.6 Å². The average Bonchev–Trinajstić information content (AvgIpc) is 3.51. The minimum Gasteiger partial charge on any atom is -0.462 e. The van der Waals surface area contributed by atoms with Crippen LogP contribution in [0.3, 0.4) is 0 Å². The Labute approximate surface area is 285 Å². The number of fused-ring (bicyclic) bond motifs is 4. The summed E-state index contributed by atoms with van der Waals surface area (Å²) in [5, 5.41) is 11.1. The minimum absolute atomic E-state index is 0.126. The van der Waals surface area contributed by atoms with E-state index in [1.807, 2.05) is 56.1 Å². The van der Waals surface area contributed by atoms with Gasteiger partial charge in [0.2, 0.25) is 0 Å². The van der Waals surface area contributed by atoms with Crippen molar-refractivity contribution in [2.45, 2.75) is 101 Å². The number of H-pyrrole nitrogens is 1. The van der Waals surface area contributed by atoms with E-state index in [4.69, 9.17) is 35.9 Å². The smallest absolute Gasteiger partial charge is 0.410 e. The first-order chi connectivity index (χ1) is 23.1. The molecule has 5 unspecified atom stereocenters. The van der Waals surface area contributed by atoms with E-state index in [1.165, 1.54) is 0 Å². The molecular weight excluding hydrogens is 630 g/mol. The number of aromatic amines is 1. The van der Waals surface area contributed by atoms with Gasteiger partial charge in [0.15, 0.2) is 0 Å². The van der Waals surface area contributed by atoms with Gasteiger partial charge in [-0.15, -0.1) is 11.6 Å². The molecule has 2 bridgehead atoms. The Morgan fingerprint density at radius 2 is 1.90 bits per heavy atom. The molecule has 48 heavy (non-hydrogen) atoms. The topological polar surface area (TPSA) is 109 Å². The van der Waals surface area contributed by atoms with Crippen molar-refractivity contribution in [2.24, 2.45) is 0 Å². The van der Waals surface area contributed by atoms with Gasteiger partial charge < -0.3 is 14.4 Å². The number of carbonyl (C=O) groups is 1. The number of likely N-dealkylation sites (tertiary alicyclic amines) is 2. The third-order valence-electron chi connectivity index (χ3n) is 10.4. The number of nitrogens with one attached hydrogen (secondary N) is 1. The second kappa shape index (κ2) is 12.1. The lowest BCUT2D eigenvalue weighted by Gasteiger charge is -2.46. The van der Waals surface area contributed by atoms with Crippen LogP contribution in [-0.2, 0) is 9.57 Å². The Morgan fingerprint density at radius 3 is 2.65 bits per heavy atom. The zero-order chi connectivity index (χ0) is 33.3. The average molecular weight is 674 g/mol. The molecule has 0 spiro atoms. The number of piperazine rings is 1. The summed E-state index contributed by atoms with van der Waals surface area (Å²) in [7, 11) is 2.13. The number of carbonyl (C=O) groups excluding carboxylic acids is 1. The SMILES string of the molecule is Cc1ccc2[nH]ncc2c1C1C(Cl)C2CN(C(=O)OC(C)(C)C)C(c3nc(OC[C@@H]4CCCN4C)nc4ccccc34)C1N2OC1CC1. The van der Waals surface area contributed by atoms with Crippen molar-refractivity contribution >= 4 is 39.5 Å². The molecule has 1 amide bonds. The Morgan fingerprint density at radius 1 is 1.08 bits per heavy atom. The summed E-state index contributed by atoms with van der Waals surface area (Å²) < 4.78 is 12.5. The van der Waals surface area contributed by atoms with Crippen molar-refractivity contribution in [3.8, 4) is 6.01 Å². The van der Waals surface area contributed by atoms with Gasteiger partial charge in [0.25, 0.3) is 0 Å². The summed E-state index contributed by atoms with van der Waals surface area (Å²) in [4.78, 5) is 35.2. The number of nitrogens with zero attached hydrogens (tertiary/aromatic N) is 6. The van der Waals surface area contributed by atoms with Gasteiger partial charge in [0.05, 0.1) is 52.5 Å². The van der Waals surface area contributed by atoms with Crippen molar-refractivity contribution in [2.75, 3.05) is 26.7 Å². The fourth-order valence-electron chi connectivity index (χ4n) is 7.93. The van der Waals surface area contributed by atoms with E-state index in [2.05, 4.69) is 46.3 Å². The molecule has 1 N–H and O–H groups in total. The van der Waals surface area contributed by atoms with Crippen molar-refractivity contribution in [3.63, 3.8) is 0 Å². The molecule has 4 aromatic rings. The Bertz CT molecular complexity index is 1840. The molecule has 3 saturated heterocycles. The fraction of sp³-hybridized carbons (Fsp3) is 0.556. The highest BCUT2D eigenvalue weighted by Gasteiger charge is 2.61. The first kappa shape index (κ1) is 31.7. The van der Waals surface area contributed by atoms with Gasteiger partial charge in [-0.25, -0.2) is 4.79 Å². The largest absolute Gasteiger partial charge is 0.462 e. The molecule has 5 heterocycles. The van der Waals surface area contributed by atoms with Gasteiger partial charge in [-0.05, 0) is 90.2 Å². The van der Waals surface area contributed by atoms with Crippen LogP contribution in [0.5, 0.6) is 6.01 Å². The van der Waals surface area contributed by atoms with Gasteiger partial charge in [-0.3, -0.25) is 14.8 Å². The second-order valence-electron chi connectivity index (χ2n) is 14.9. The van der Waals surface area contributed by atoms with Crippen LogP contribution in [0.4, 0.5) is 4.79 Å². The van der Waals surface area contributed by atoms with Gasteiger partial charge >= 0.3 is 12.1 Å². The van der Waals surface area contributed by atoms with E-state index in [9.17, 15) is 4.79 Å². The second-order valence-corrected chi connectivity index (χ2v) is 15.4. The molecule has 3 aliphatic heterocycles. The Hall–Kier alpha value is -3.51. The lowest BCUT2D eigenvalue weighted by atomic mass is 9.82. The van der Waals surface area contributed by atoms with Crippen LogP contribution in [0.1, 0.15) is 75.2 Å². The number of benzene rings is 2. The molecule has 12 heteroatoms. The van der Waals surface area contributed by atoms with E-state index in [-0.39, 0.29) is 29.5 Å². The van der Waals surface area contributed by atoms with Crippen molar-refractivity contribution < 1.29 is 19.1 Å². The Kier molecular flexibility index (Phi) is 8.01. The molecule has 4 fully saturated rings. The number of hydrogen-bond donors (Lipinski definition) is 1. The molecule has 4 aliphatic rings. The summed E-state index contributed by atoms with van der Waals surface area (Å²) in [6.45, 7) is 9.65. The predicted octanol–water partition coefficient (Wildman–Crippen LogP) is 6.12. The molecule has 1 saturated carbocycles. The monoisotopic (exact) mass is 673 g/mol. The molecular formula is C36H44ClN7O4. The summed E-state index contributed by atoms with van der Waals surface area (Å²) >= 11 is 7.60. The molecule has 2 aromatic heterocycles. The van der Waals surface area contributed by atoms with E-state index in [0.717, 1.165) is 65.2 Å². The van der Waals surface area contributed by atoms with E-state index in [0.29, 0.717) is 30.9 Å². The normalized spacial score (nSPS) is 28.1. The third kappa shape index (κ3) is 5.68. The number of amides is 1. The van der Waals surface area contributed by atoms with Gasteiger partial charge in [0.1, 0.15) is 12.2 Å². The number of aromatic nitrogens is 4. The summed E-state index contributed by atoms with van der Waals surface area (Å²) in [6.07, 6.45) is 5.80. The molecule has 11 nitrogen and oxygen atoms in total. The van der Waals surface area contributed by atoms with Gasteiger partial charge in [-0.1, -0.05) is 24.3 Å². The van der Waals surface area contributed by atoms with Crippen LogP contribution in [0.2, 0.25) is 0 Å². The maximum absolute atomic E-state index is 14.3. The maximum atomic E-state index is 14.3. The molecule has 6 atom stereocenters. The molecule has 2 aromatic carbocycles. The maximum Gasteiger partial charge on any atom is 0.410 e. The standard InChI is InChI=1S/C36H44ClN7O4/c1-20-12-15-26-24(17-38-41-26)28(20)29-30(37)27-18-43(35(45)47-36(2,3)4)33(32(29)44(27)48-22-13-14-22)31-23-10-6-7-11-25(23)39-34(40-31)46-19-21-9-8-16-42(21)5/h6-7,10-12,15,17,21-22,27,29-30,32-33H,8-9,13-14,16,18-19H2,1-5H3,(H,38,41)/t21-,27?,29?,30?,32?,33?/m0/s1. The van der Waals surface area contributed by atoms with Crippen LogP contribution < -0.4 is 4.74 Å². The molecule has 0 radical (unpaired) electrons. The van der Waals surface area contributed by atoms with Crippen molar-refractivity contribution in [1.29, 1.82) is 0 Å². The number of hydroxylamine groups is 2. The molecule has 8 rings (SSSR count). The fourth-order valence-corrected chi connectivity index (χ4v) is 8.39. The minimum atomic E-state index is -0.698. The van der Waals surface area contributed by atoms with Gasteiger partial charge in [0, 0.05) is 29.3 Å². The van der Waals surface area contributed by atoms with Crippen LogP contribution in [0.15, 0.2) is 42.6 Å². The van der Waals surface area contributed by atoms with E-state index < -0.39 is 17.7 Å². The van der Waals surface area contributed by atoms with E-state index >= 15 is 0 Å². The zero-order valence-corrected chi connectivity index (χ0v) is 29.0. The van der Waals surface area contributed by atoms with Crippen LogP contribution in [0, 0.1) is 6.92 Å². The predicted molar refractivity (Wildman–Crippen MR) is 183 cm³/mol. The lowest BCUT2D eigenvalue weighted by Crippen LogP contribution is -2.59. The number of halogens is 1. The number of para-hydroxylation sites is 1. The van der Waals surface area contributed by atoms with Gasteiger partial charge in [-0.2, -0.15) is 20.1 Å². The number of alkyl halides is 1. The number of ether oxygens (including phenoxy) is 2. The quantitative estimate of drug-likeness (QED) is 0.232. The van der Waals surface area contributed by atoms with E-state index in [1.54, 1.807) is 0 Å². The highest BCUT2D eigenvalue weighted by molar-refractivity contribution is 6.22. The number of likely N-dealkylation sites (N-methyl/N-ethyl adjacent to an activating group) is 1. The molecule has 254 valence electrons. The summed E-state index contributed by atoms with van der Waals surface area (Å²) in [5.74, 6) is -0.223. The highest BCUT2D eigenvalue weighted by atomic mass is 35.5. The third-order valence-corrected chi connectivity index (χ3v) is 10.9. The summed E-state index contributed by atoms with van der Waals surface area (Å²) in [5.41, 5.74) is 3.91. The van der Waals surface area contributed by atoms with Crippen LogP contribution in [-0.4, -0.2) is 103 Å². The van der Waals surface area contributed by atoms with Crippen molar-refractivity contribution in [1.82, 2.24) is 35.0 Å². The lowest BCUT2D eigenvalue weighted by molar-refractivity contribution is -0.233. The highest BCUT2D eigenvalue weighted by Crippen LogP contribution is 2.54. The zero-order valence-electron chi connectivity index (χ0n) is 28.2. The number of hydrogen-bond acceptors (Lipinski definition) is 9. The first-order valence-corrected chi connectivity index (χ1v) is 17.6. The first-order valence-electron chi connectivity index (χ1n) is 17.2. The Balaban J connectivity index is 1.31. The molecule has 1 aliphatic carbocycles.